The summed E-state index contributed by atoms with van der Waals surface area (Å²) in [6.45, 7) is 6.14. The predicted molar refractivity (Wildman–Crippen MR) is 54.7 cm³/mol. The van der Waals surface area contributed by atoms with E-state index in [1.807, 2.05) is 20.8 Å². The number of carboxylic acid groups (broad SMARTS) is 1. The summed E-state index contributed by atoms with van der Waals surface area (Å²) in [5, 5.41) is 12.9. The molecule has 1 N–H and O–H groups in total. The molecule has 5 nitrogen and oxygen atoms in total. The van der Waals surface area contributed by atoms with Gasteiger partial charge in [0.15, 0.2) is 0 Å². The molecule has 15 heavy (non-hydrogen) atoms. The molecule has 0 saturated carbocycles. The minimum Gasteiger partial charge on any atom is -0.477 e. The van der Waals surface area contributed by atoms with E-state index in [9.17, 15) is 4.79 Å². The summed E-state index contributed by atoms with van der Waals surface area (Å²) in [5.74, 6) is -0.980. The Bertz CT molecular complexity index is 363. The number of hydrogen-bond acceptors (Lipinski definition) is 3. The van der Waals surface area contributed by atoms with Gasteiger partial charge < -0.3 is 9.84 Å². The molecule has 0 unspecified atom stereocenters. The van der Waals surface area contributed by atoms with Gasteiger partial charge in [0.2, 0.25) is 0 Å². The molecular formula is C10H16N2O3. The summed E-state index contributed by atoms with van der Waals surface area (Å²) in [6, 6.07) is 1.52. The number of carbonyl (C=O) groups is 1. The Morgan fingerprint density at radius 3 is 2.60 bits per heavy atom. The lowest BCUT2D eigenvalue weighted by Crippen LogP contribution is -2.18. The van der Waals surface area contributed by atoms with E-state index >= 15 is 0 Å². The Morgan fingerprint density at radius 1 is 1.60 bits per heavy atom. The van der Waals surface area contributed by atoms with E-state index in [0.717, 1.165) is 0 Å². The lowest BCUT2D eigenvalue weighted by Gasteiger charge is -2.18. The van der Waals surface area contributed by atoms with Crippen molar-refractivity contribution in [1.29, 1.82) is 0 Å². The summed E-state index contributed by atoms with van der Waals surface area (Å²) in [4.78, 5) is 10.7. The van der Waals surface area contributed by atoms with E-state index in [0.29, 0.717) is 12.3 Å². The van der Waals surface area contributed by atoms with Gasteiger partial charge in [-0.15, -0.1) is 0 Å². The van der Waals surface area contributed by atoms with Gasteiger partial charge in [-0.2, -0.15) is 5.10 Å². The van der Waals surface area contributed by atoms with Crippen molar-refractivity contribution in [2.24, 2.45) is 7.05 Å². The summed E-state index contributed by atoms with van der Waals surface area (Å²) in [6.07, 6.45) is 0. The minimum atomic E-state index is -0.980. The van der Waals surface area contributed by atoms with Gasteiger partial charge in [-0.05, 0) is 26.8 Å². The molecule has 0 radical (unpaired) electrons. The van der Waals surface area contributed by atoms with Crippen LogP contribution in [-0.2, 0) is 18.4 Å². The molecular weight excluding hydrogens is 196 g/mol. The Morgan fingerprint density at radius 2 is 2.20 bits per heavy atom. The van der Waals surface area contributed by atoms with Crippen molar-refractivity contribution < 1.29 is 14.6 Å². The third-order valence-corrected chi connectivity index (χ3v) is 1.80. The van der Waals surface area contributed by atoms with E-state index < -0.39 is 5.97 Å². The number of aromatic carboxylic acids is 1. The normalized spacial score (nSPS) is 11.7. The van der Waals surface area contributed by atoms with Crippen molar-refractivity contribution in [3.63, 3.8) is 0 Å². The van der Waals surface area contributed by atoms with Crippen LogP contribution in [0.5, 0.6) is 0 Å². The average molecular weight is 212 g/mol. The zero-order valence-corrected chi connectivity index (χ0v) is 9.44. The van der Waals surface area contributed by atoms with Gasteiger partial charge in [0, 0.05) is 7.05 Å². The fraction of sp³-hybridized carbons (Fsp3) is 0.600. The van der Waals surface area contributed by atoms with Crippen LogP contribution in [0.25, 0.3) is 0 Å². The van der Waals surface area contributed by atoms with E-state index in [-0.39, 0.29) is 11.3 Å². The molecule has 0 aliphatic heterocycles. The Kier molecular flexibility index (Phi) is 3.14. The van der Waals surface area contributed by atoms with Crippen molar-refractivity contribution in [3.8, 4) is 0 Å². The monoisotopic (exact) mass is 212 g/mol. The maximum Gasteiger partial charge on any atom is 0.354 e. The molecule has 0 aliphatic rings. The summed E-state index contributed by atoms with van der Waals surface area (Å²) >= 11 is 0. The summed E-state index contributed by atoms with van der Waals surface area (Å²) in [5.41, 5.74) is 0.549. The van der Waals surface area contributed by atoms with Gasteiger partial charge in [0.1, 0.15) is 5.69 Å². The predicted octanol–water partition coefficient (Wildman–Crippen LogP) is 1.43. The molecule has 0 bridgehead atoms. The molecule has 0 spiro atoms. The molecule has 0 fully saturated rings. The van der Waals surface area contributed by atoms with Crippen molar-refractivity contribution in [1.82, 2.24) is 9.78 Å². The number of nitrogens with zero attached hydrogens (tertiary/aromatic N) is 2. The molecule has 1 rings (SSSR count). The molecule has 84 valence electrons. The largest absolute Gasteiger partial charge is 0.477 e. The van der Waals surface area contributed by atoms with Crippen LogP contribution >= 0.6 is 0 Å². The summed E-state index contributed by atoms with van der Waals surface area (Å²) < 4.78 is 6.83. The fourth-order valence-corrected chi connectivity index (χ4v) is 1.09. The molecule has 0 saturated heterocycles. The Hall–Kier alpha value is -1.36. The third kappa shape index (κ3) is 3.36. The molecule has 1 aromatic heterocycles. The number of aromatic nitrogens is 2. The average Bonchev–Trinajstić information content (AvgIpc) is 2.42. The lowest BCUT2D eigenvalue weighted by atomic mass is 10.2. The molecule has 0 atom stereocenters. The van der Waals surface area contributed by atoms with Gasteiger partial charge >= 0.3 is 5.97 Å². The zero-order valence-electron chi connectivity index (χ0n) is 9.44. The molecule has 0 amide bonds. The first kappa shape index (κ1) is 11.7. The maximum absolute atomic E-state index is 10.7. The Balaban J connectivity index is 2.72. The minimum absolute atomic E-state index is 0.169. The topological polar surface area (TPSA) is 64.4 Å². The Labute approximate surface area is 88.7 Å². The van der Waals surface area contributed by atoms with Crippen LogP contribution in [0.1, 0.15) is 37.0 Å². The van der Waals surface area contributed by atoms with Crippen LogP contribution in [0.4, 0.5) is 0 Å². The zero-order chi connectivity index (χ0) is 11.6. The van der Waals surface area contributed by atoms with Gasteiger partial charge in [-0.3, -0.25) is 4.68 Å². The van der Waals surface area contributed by atoms with Crippen molar-refractivity contribution in [3.05, 3.63) is 17.5 Å². The standard InChI is InChI=1S/C10H16N2O3/c1-10(2,3)15-6-7-5-8(9(13)14)12(4)11-7/h5H,6H2,1-4H3,(H,13,14). The fourth-order valence-electron chi connectivity index (χ4n) is 1.09. The second-order valence-electron chi connectivity index (χ2n) is 4.35. The first-order chi connectivity index (χ1) is 6.79. The highest BCUT2D eigenvalue weighted by Crippen LogP contribution is 2.11. The number of aryl methyl sites for hydroxylation is 1. The summed E-state index contributed by atoms with van der Waals surface area (Å²) in [7, 11) is 1.60. The van der Waals surface area contributed by atoms with Crippen molar-refractivity contribution >= 4 is 5.97 Å². The van der Waals surface area contributed by atoms with E-state index in [4.69, 9.17) is 9.84 Å². The molecule has 1 heterocycles. The number of carboxylic acids is 1. The molecule has 0 aromatic carbocycles. The van der Waals surface area contributed by atoms with Gasteiger partial charge in [-0.25, -0.2) is 4.79 Å². The van der Waals surface area contributed by atoms with Crippen LogP contribution in [0, 0.1) is 0 Å². The second-order valence-corrected chi connectivity index (χ2v) is 4.35. The number of ether oxygens (including phenoxy) is 1. The van der Waals surface area contributed by atoms with Crippen molar-refractivity contribution in [2.45, 2.75) is 33.0 Å². The first-order valence-corrected chi connectivity index (χ1v) is 4.70. The highest BCUT2D eigenvalue weighted by molar-refractivity contribution is 5.85. The third-order valence-electron chi connectivity index (χ3n) is 1.80. The second kappa shape index (κ2) is 4.02. The van der Waals surface area contributed by atoms with E-state index in [2.05, 4.69) is 5.10 Å². The SMILES string of the molecule is Cn1nc(COC(C)(C)C)cc1C(=O)O. The smallest absolute Gasteiger partial charge is 0.354 e. The highest BCUT2D eigenvalue weighted by atomic mass is 16.5. The maximum atomic E-state index is 10.7. The van der Waals surface area contributed by atoms with Crippen LogP contribution in [0.2, 0.25) is 0 Å². The van der Waals surface area contributed by atoms with Crippen molar-refractivity contribution in [2.75, 3.05) is 0 Å². The van der Waals surface area contributed by atoms with E-state index in [1.54, 1.807) is 7.05 Å². The molecule has 0 aliphatic carbocycles. The van der Waals surface area contributed by atoms with Crippen LogP contribution in [0.3, 0.4) is 0 Å². The highest BCUT2D eigenvalue weighted by Gasteiger charge is 2.14. The lowest BCUT2D eigenvalue weighted by molar-refractivity contribution is -0.0166. The van der Waals surface area contributed by atoms with Gasteiger partial charge in [-0.1, -0.05) is 0 Å². The number of rotatable bonds is 3. The van der Waals surface area contributed by atoms with Gasteiger partial charge in [0.05, 0.1) is 17.9 Å². The molecule has 5 heteroatoms. The molecule has 1 aromatic rings. The van der Waals surface area contributed by atoms with Crippen LogP contribution < -0.4 is 0 Å². The quantitative estimate of drug-likeness (QED) is 0.823. The van der Waals surface area contributed by atoms with Gasteiger partial charge in [0.25, 0.3) is 0 Å². The first-order valence-electron chi connectivity index (χ1n) is 4.70. The van der Waals surface area contributed by atoms with Crippen LogP contribution in [-0.4, -0.2) is 26.5 Å². The van der Waals surface area contributed by atoms with Crippen LogP contribution in [0.15, 0.2) is 6.07 Å². The number of hydrogen-bond donors (Lipinski definition) is 1. The van der Waals surface area contributed by atoms with E-state index in [1.165, 1.54) is 10.7 Å².